The number of nitrogens with zero attached hydrogens (tertiary/aromatic N) is 4. The van der Waals surface area contributed by atoms with Crippen molar-refractivity contribution in [3.8, 4) is 5.75 Å². The van der Waals surface area contributed by atoms with Gasteiger partial charge < -0.3 is 10.0 Å². The van der Waals surface area contributed by atoms with E-state index in [1.54, 1.807) is 0 Å². The van der Waals surface area contributed by atoms with E-state index in [1.807, 2.05) is 17.9 Å². The summed E-state index contributed by atoms with van der Waals surface area (Å²) in [5.74, 6) is 0.302. The van der Waals surface area contributed by atoms with Crippen molar-refractivity contribution in [2.45, 2.75) is 46.2 Å². The van der Waals surface area contributed by atoms with Gasteiger partial charge in [0.25, 0.3) is 0 Å². The van der Waals surface area contributed by atoms with E-state index in [-0.39, 0.29) is 34.6 Å². The van der Waals surface area contributed by atoms with Crippen LogP contribution < -0.4 is 0 Å². The van der Waals surface area contributed by atoms with Crippen LogP contribution >= 0.6 is 0 Å². The van der Waals surface area contributed by atoms with Crippen LogP contribution in [-0.2, 0) is 4.79 Å². The summed E-state index contributed by atoms with van der Waals surface area (Å²) in [6, 6.07) is 4.25. The minimum Gasteiger partial charge on any atom is -0.507 e. The molecular weight excluding hydrogens is 431 g/mol. The molecule has 34 heavy (non-hydrogen) atoms. The largest absolute Gasteiger partial charge is 0.507 e. The van der Waals surface area contributed by atoms with Crippen LogP contribution in [0.15, 0.2) is 52.0 Å². The highest BCUT2D eigenvalue weighted by molar-refractivity contribution is 6.14. The van der Waals surface area contributed by atoms with E-state index < -0.39 is 5.82 Å². The van der Waals surface area contributed by atoms with E-state index in [9.17, 15) is 14.3 Å². The molecule has 2 heterocycles. The molecule has 5 rings (SSSR count). The number of rotatable bonds is 5. The van der Waals surface area contributed by atoms with Gasteiger partial charge in [-0.2, -0.15) is 0 Å². The Balaban J connectivity index is 1.38. The van der Waals surface area contributed by atoms with Crippen molar-refractivity contribution in [2.75, 3.05) is 26.2 Å². The second kappa shape index (κ2) is 8.77. The van der Waals surface area contributed by atoms with Crippen LogP contribution in [0.5, 0.6) is 5.75 Å². The number of amides is 1. The molecule has 2 aliphatic carbocycles. The van der Waals surface area contributed by atoms with Gasteiger partial charge in [0.05, 0.1) is 17.2 Å². The van der Waals surface area contributed by atoms with Gasteiger partial charge in [-0.3, -0.25) is 9.69 Å². The summed E-state index contributed by atoms with van der Waals surface area (Å²) < 4.78 is 14.7. The van der Waals surface area contributed by atoms with E-state index in [2.05, 4.69) is 35.9 Å². The first kappa shape index (κ1) is 23.0. The number of aromatic hydroxyl groups is 1. The third-order valence-corrected chi connectivity index (χ3v) is 7.39. The van der Waals surface area contributed by atoms with Crippen molar-refractivity contribution in [1.29, 1.82) is 0 Å². The summed E-state index contributed by atoms with van der Waals surface area (Å²) in [4.78, 5) is 27.0. The first-order valence-corrected chi connectivity index (χ1v) is 12.3. The molecule has 1 saturated carbocycles. The highest BCUT2D eigenvalue weighted by atomic mass is 19.1. The Morgan fingerprint density at radius 3 is 2.62 bits per heavy atom. The predicted molar refractivity (Wildman–Crippen MR) is 131 cm³/mol. The van der Waals surface area contributed by atoms with Gasteiger partial charge >= 0.3 is 0 Å². The number of carbonyl (C=O) groups is 1. The molecule has 0 aromatic heterocycles. The molecule has 0 spiro atoms. The molecule has 0 bridgehead atoms. The number of hydrogen-bond donors (Lipinski definition) is 1. The Bertz CT molecular complexity index is 1090. The third-order valence-electron chi connectivity index (χ3n) is 7.39. The highest BCUT2D eigenvalue weighted by Crippen LogP contribution is 2.52. The molecule has 1 aromatic rings. The molecule has 1 aromatic carbocycles. The van der Waals surface area contributed by atoms with Crippen LogP contribution in [0.4, 0.5) is 4.39 Å². The van der Waals surface area contributed by atoms with Crippen LogP contribution in [0, 0.1) is 23.1 Å². The fourth-order valence-electron chi connectivity index (χ4n) is 5.57. The predicted octanol–water partition coefficient (Wildman–Crippen LogP) is 4.16. The molecule has 2 unspecified atom stereocenters. The molecule has 2 fully saturated rings. The quantitative estimate of drug-likeness (QED) is 0.712. The second-order valence-corrected chi connectivity index (χ2v) is 10.5. The number of amidine groups is 1. The first-order chi connectivity index (χ1) is 16.3. The fraction of sp³-hybridized carbons (Fsp3) is 0.519. The lowest BCUT2D eigenvalue weighted by Crippen LogP contribution is -2.56. The monoisotopic (exact) mass is 464 g/mol. The number of fused-ring (bicyclic) bond motifs is 1. The van der Waals surface area contributed by atoms with Crippen molar-refractivity contribution in [3.63, 3.8) is 0 Å². The minimum absolute atomic E-state index is 0.0391. The van der Waals surface area contributed by atoms with E-state index in [0.29, 0.717) is 38.0 Å². The Morgan fingerprint density at radius 2 is 1.97 bits per heavy atom. The maximum Gasteiger partial charge on any atom is 0.228 e. The lowest BCUT2D eigenvalue weighted by atomic mass is 9.89. The molecule has 7 heteroatoms. The fourth-order valence-corrected chi connectivity index (χ4v) is 5.57. The van der Waals surface area contributed by atoms with Gasteiger partial charge in [0.2, 0.25) is 5.91 Å². The number of carbonyl (C=O) groups excluding carboxylic acids is 1. The molecular formula is C27H33FN4O2. The van der Waals surface area contributed by atoms with Crippen LogP contribution in [0.3, 0.4) is 0 Å². The van der Waals surface area contributed by atoms with Crippen molar-refractivity contribution >= 4 is 17.5 Å². The minimum atomic E-state index is -0.539. The second-order valence-electron chi connectivity index (χ2n) is 10.5. The van der Waals surface area contributed by atoms with Gasteiger partial charge in [0.15, 0.2) is 5.84 Å². The molecule has 1 amide bonds. The molecule has 4 aliphatic rings. The standard InChI is InChI=1S/C27H33FN4O2/c1-17(2)16-27(9-10-27)26(34)32-13-11-31(12-14-32)25-19-8-7-18(3)15-21(19)29-24(30-25)23-20(28)5-4-6-22(23)33/h4-8,15,17,19,25,33H,9-14,16H2,1-3H3. The number of phenols is 1. The average molecular weight is 465 g/mol. The average Bonchev–Trinajstić information content (AvgIpc) is 3.57. The zero-order chi connectivity index (χ0) is 24.0. The number of aliphatic imine (C=N–C) groups is 2. The summed E-state index contributed by atoms with van der Waals surface area (Å²) in [5, 5.41) is 10.4. The molecule has 1 saturated heterocycles. The number of allylic oxidation sites excluding steroid dienone is 3. The van der Waals surface area contributed by atoms with Crippen LogP contribution in [0.2, 0.25) is 0 Å². The normalized spacial score (nSPS) is 26.0. The molecule has 2 atom stereocenters. The smallest absolute Gasteiger partial charge is 0.228 e. The number of phenolic OH excluding ortho intramolecular Hbond substituents is 1. The Labute approximate surface area is 200 Å². The zero-order valence-corrected chi connectivity index (χ0v) is 20.2. The maximum absolute atomic E-state index is 14.7. The van der Waals surface area contributed by atoms with E-state index in [4.69, 9.17) is 4.99 Å². The van der Waals surface area contributed by atoms with Gasteiger partial charge in [-0.05, 0) is 55.9 Å². The van der Waals surface area contributed by atoms with Gasteiger partial charge in [-0.15, -0.1) is 0 Å². The van der Waals surface area contributed by atoms with Gasteiger partial charge in [0.1, 0.15) is 17.7 Å². The Morgan fingerprint density at radius 1 is 1.24 bits per heavy atom. The van der Waals surface area contributed by atoms with Crippen molar-refractivity contribution in [3.05, 3.63) is 53.4 Å². The highest BCUT2D eigenvalue weighted by Gasteiger charge is 2.52. The van der Waals surface area contributed by atoms with Crippen LogP contribution in [-0.4, -0.2) is 64.7 Å². The number of halogens is 1. The van der Waals surface area contributed by atoms with Gasteiger partial charge in [-0.25, -0.2) is 14.4 Å². The van der Waals surface area contributed by atoms with Crippen molar-refractivity contribution < 1.29 is 14.3 Å². The summed E-state index contributed by atoms with van der Waals surface area (Å²) in [6.45, 7) is 9.12. The Kier molecular flexibility index (Phi) is 5.92. The zero-order valence-electron chi connectivity index (χ0n) is 20.2. The molecule has 2 aliphatic heterocycles. The van der Waals surface area contributed by atoms with Crippen LogP contribution in [0.25, 0.3) is 0 Å². The first-order valence-electron chi connectivity index (χ1n) is 12.3. The van der Waals surface area contributed by atoms with Crippen molar-refractivity contribution in [2.24, 2.45) is 27.2 Å². The summed E-state index contributed by atoms with van der Waals surface area (Å²) in [5.41, 5.74) is 1.80. The lowest BCUT2D eigenvalue weighted by Gasteiger charge is -2.42. The number of piperazine rings is 1. The SMILES string of the molecule is CC1=CC2=NC(c3c(O)cccc3F)=NC(N3CCN(C(=O)C4(CC(C)C)CC4)CC3)C2C=C1. The number of hydrogen-bond acceptors (Lipinski definition) is 5. The van der Waals surface area contributed by atoms with Crippen molar-refractivity contribution in [1.82, 2.24) is 9.80 Å². The maximum atomic E-state index is 14.7. The molecule has 1 N–H and O–H groups in total. The number of benzene rings is 1. The third kappa shape index (κ3) is 4.22. The van der Waals surface area contributed by atoms with Gasteiger partial charge in [-0.1, -0.05) is 32.1 Å². The summed E-state index contributed by atoms with van der Waals surface area (Å²) in [6.07, 6.45) is 8.90. The van der Waals surface area contributed by atoms with E-state index >= 15 is 0 Å². The van der Waals surface area contributed by atoms with Crippen LogP contribution in [0.1, 0.15) is 45.6 Å². The topological polar surface area (TPSA) is 68.5 Å². The van der Waals surface area contributed by atoms with E-state index in [1.165, 1.54) is 18.2 Å². The summed E-state index contributed by atoms with van der Waals surface area (Å²) in [7, 11) is 0. The van der Waals surface area contributed by atoms with E-state index in [0.717, 1.165) is 30.5 Å². The lowest BCUT2D eigenvalue weighted by molar-refractivity contribution is -0.139. The molecule has 6 nitrogen and oxygen atoms in total. The summed E-state index contributed by atoms with van der Waals surface area (Å²) >= 11 is 0. The van der Waals surface area contributed by atoms with Gasteiger partial charge in [0, 0.05) is 31.6 Å². The molecule has 0 radical (unpaired) electrons. The molecule has 180 valence electrons. The Hall–Kier alpha value is -2.80.